The average molecular weight is 230 g/mol. The van der Waals surface area contributed by atoms with Gasteiger partial charge in [0.25, 0.3) is 5.91 Å². The molecule has 0 aliphatic carbocycles. The molecule has 0 bridgehead atoms. The molecule has 0 saturated heterocycles. The van der Waals surface area contributed by atoms with Crippen LogP contribution in [0.15, 0.2) is 48.3 Å². The van der Waals surface area contributed by atoms with E-state index < -0.39 is 0 Å². The fraction of sp³-hybridized carbons (Fsp3) is 0.286. The summed E-state index contributed by atoms with van der Waals surface area (Å²) < 4.78 is 0. The van der Waals surface area contributed by atoms with Crippen LogP contribution in [-0.4, -0.2) is 17.4 Å². The van der Waals surface area contributed by atoms with Gasteiger partial charge in [-0.15, -0.1) is 0 Å². The summed E-state index contributed by atoms with van der Waals surface area (Å²) in [5, 5.41) is 2.82. The number of hydrogen-bond acceptors (Lipinski definition) is 2. The monoisotopic (exact) mass is 230 g/mol. The summed E-state index contributed by atoms with van der Waals surface area (Å²) in [7, 11) is 0. The first kappa shape index (κ1) is 13.2. The molecular weight excluding hydrogens is 212 g/mol. The molecule has 0 radical (unpaired) electrons. The Labute approximate surface area is 102 Å². The van der Waals surface area contributed by atoms with Crippen LogP contribution in [-0.2, 0) is 0 Å². The topological polar surface area (TPSA) is 42.0 Å². The van der Waals surface area contributed by atoms with Gasteiger partial charge in [-0.2, -0.15) is 0 Å². The summed E-state index contributed by atoms with van der Waals surface area (Å²) in [5.41, 5.74) is 1.90. The molecule has 1 amide bonds. The highest BCUT2D eigenvalue weighted by Crippen LogP contribution is 2.01. The van der Waals surface area contributed by atoms with Crippen molar-refractivity contribution >= 4 is 5.91 Å². The summed E-state index contributed by atoms with van der Waals surface area (Å²) in [6.45, 7) is 4.66. The number of nitrogens with zero attached hydrogens (tertiary/aromatic N) is 1. The van der Waals surface area contributed by atoms with Gasteiger partial charge in [0.2, 0.25) is 0 Å². The molecule has 0 unspecified atom stereocenters. The Morgan fingerprint density at radius 1 is 1.41 bits per heavy atom. The van der Waals surface area contributed by atoms with Crippen LogP contribution in [0.4, 0.5) is 0 Å². The van der Waals surface area contributed by atoms with Crippen molar-refractivity contribution in [2.75, 3.05) is 6.54 Å². The Hall–Kier alpha value is -1.90. The van der Waals surface area contributed by atoms with Crippen molar-refractivity contribution in [2.24, 2.45) is 0 Å². The van der Waals surface area contributed by atoms with E-state index in [-0.39, 0.29) is 5.91 Å². The Morgan fingerprint density at radius 3 is 2.71 bits per heavy atom. The zero-order valence-corrected chi connectivity index (χ0v) is 10.3. The molecule has 3 heteroatoms. The molecule has 1 heterocycles. The highest BCUT2D eigenvalue weighted by Gasteiger charge is 2.01. The number of pyridine rings is 1. The van der Waals surface area contributed by atoms with E-state index in [1.807, 2.05) is 19.1 Å². The Kier molecular flexibility index (Phi) is 5.72. The largest absolute Gasteiger partial charge is 0.349 e. The summed E-state index contributed by atoms with van der Waals surface area (Å²) in [6, 6.07) is 3.39. The Balaban J connectivity index is 2.40. The third kappa shape index (κ3) is 4.64. The summed E-state index contributed by atoms with van der Waals surface area (Å²) in [4.78, 5) is 15.5. The van der Waals surface area contributed by atoms with Crippen LogP contribution < -0.4 is 5.32 Å². The van der Waals surface area contributed by atoms with E-state index in [0.29, 0.717) is 12.1 Å². The minimum atomic E-state index is -0.0735. The van der Waals surface area contributed by atoms with Crippen LogP contribution in [0.1, 0.15) is 30.6 Å². The van der Waals surface area contributed by atoms with Gasteiger partial charge < -0.3 is 5.32 Å². The van der Waals surface area contributed by atoms with Crippen molar-refractivity contribution in [3.8, 4) is 0 Å². The fourth-order valence-electron chi connectivity index (χ4n) is 1.39. The van der Waals surface area contributed by atoms with Gasteiger partial charge in [0.15, 0.2) is 0 Å². The van der Waals surface area contributed by atoms with E-state index in [0.717, 1.165) is 6.42 Å². The zero-order valence-electron chi connectivity index (χ0n) is 10.3. The minimum Gasteiger partial charge on any atom is -0.349 e. The lowest BCUT2D eigenvalue weighted by atomic mass is 10.2. The summed E-state index contributed by atoms with van der Waals surface area (Å²) in [5.74, 6) is -0.0735. The molecule has 1 N–H and O–H groups in total. The first-order chi connectivity index (χ1) is 8.27. The van der Waals surface area contributed by atoms with Gasteiger partial charge in [0.05, 0.1) is 0 Å². The molecule has 0 saturated carbocycles. The minimum absolute atomic E-state index is 0.0735. The number of hydrogen-bond donors (Lipinski definition) is 1. The lowest BCUT2D eigenvalue weighted by Crippen LogP contribution is -2.23. The van der Waals surface area contributed by atoms with Crippen molar-refractivity contribution in [3.63, 3.8) is 0 Å². The lowest BCUT2D eigenvalue weighted by Gasteiger charge is -2.01. The van der Waals surface area contributed by atoms with Crippen LogP contribution in [0.2, 0.25) is 0 Å². The molecule has 90 valence electrons. The van der Waals surface area contributed by atoms with E-state index >= 15 is 0 Å². The van der Waals surface area contributed by atoms with Gasteiger partial charge in [0, 0.05) is 24.5 Å². The fourth-order valence-corrected chi connectivity index (χ4v) is 1.39. The second-order valence-corrected chi connectivity index (χ2v) is 3.57. The highest BCUT2D eigenvalue weighted by atomic mass is 16.1. The van der Waals surface area contributed by atoms with Crippen LogP contribution >= 0.6 is 0 Å². The molecule has 17 heavy (non-hydrogen) atoms. The van der Waals surface area contributed by atoms with E-state index in [1.54, 1.807) is 24.5 Å². The van der Waals surface area contributed by atoms with E-state index in [1.165, 1.54) is 5.57 Å². The third-order valence-electron chi connectivity index (χ3n) is 2.43. The van der Waals surface area contributed by atoms with Crippen molar-refractivity contribution in [1.29, 1.82) is 0 Å². The number of aromatic nitrogens is 1. The van der Waals surface area contributed by atoms with Crippen LogP contribution in [0, 0.1) is 0 Å². The van der Waals surface area contributed by atoms with Gasteiger partial charge in [-0.25, -0.2) is 0 Å². The number of nitrogens with one attached hydrogen (secondary N) is 1. The molecule has 1 aromatic rings. The predicted octanol–water partition coefficient (Wildman–Crippen LogP) is 2.72. The van der Waals surface area contributed by atoms with E-state index in [9.17, 15) is 4.79 Å². The number of rotatable bonds is 5. The molecular formula is C14H18N2O. The molecule has 0 fully saturated rings. The van der Waals surface area contributed by atoms with Crippen LogP contribution in [0.5, 0.6) is 0 Å². The van der Waals surface area contributed by atoms with E-state index in [4.69, 9.17) is 0 Å². The summed E-state index contributed by atoms with van der Waals surface area (Å²) in [6.07, 6.45) is 10.3. The van der Waals surface area contributed by atoms with Gasteiger partial charge >= 0.3 is 0 Å². The highest BCUT2D eigenvalue weighted by molar-refractivity contribution is 5.94. The summed E-state index contributed by atoms with van der Waals surface area (Å²) >= 11 is 0. The smallest absolute Gasteiger partial charge is 0.251 e. The number of allylic oxidation sites excluding steroid dienone is 3. The first-order valence-electron chi connectivity index (χ1n) is 5.78. The molecule has 1 aromatic heterocycles. The molecule has 3 nitrogen and oxygen atoms in total. The third-order valence-corrected chi connectivity index (χ3v) is 2.43. The van der Waals surface area contributed by atoms with Gasteiger partial charge in [-0.1, -0.05) is 30.7 Å². The molecule has 0 aromatic carbocycles. The van der Waals surface area contributed by atoms with Crippen molar-refractivity contribution in [3.05, 3.63) is 53.9 Å². The van der Waals surface area contributed by atoms with Gasteiger partial charge in [-0.05, 0) is 25.5 Å². The van der Waals surface area contributed by atoms with Crippen molar-refractivity contribution in [2.45, 2.75) is 20.3 Å². The lowest BCUT2D eigenvalue weighted by molar-refractivity contribution is 0.0958. The van der Waals surface area contributed by atoms with E-state index in [2.05, 4.69) is 23.3 Å². The quantitative estimate of drug-likeness (QED) is 0.790. The van der Waals surface area contributed by atoms with Crippen LogP contribution in [0.3, 0.4) is 0 Å². The number of carbonyl (C=O) groups is 1. The maximum atomic E-state index is 11.6. The standard InChI is InChI=1S/C14H18N2O/c1-3-12(4-2)6-5-9-16-14(17)13-7-10-15-11-8-13/h3,5-8,10-11H,4,9H2,1-2H3,(H,16,17)/b6-5-,12-3+. The Bertz CT molecular complexity index is 407. The predicted molar refractivity (Wildman–Crippen MR) is 69.8 cm³/mol. The number of amides is 1. The maximum absolute atomic E-state index is 11.6. The van der Waals surface area contributed by atoms with Crippen LogP contribution in [0.25, 0.3) is 0 Å². The second-order valence-electron chi connectivity index (χ2n) is 3.57. The first-order valence-corrected chi connectivity index (χ1v) is 5.78. The zero-order chi connectivity index (χ0) is 12.5. The normalized spacial score (nSPS) is 11.8. The molecule has 0 aliphatic rings. The SMILES string of the molecule is C/C=C(/C=C\CNC(=O)c1ccncc1)CC. The van der Waals surface area contributed by atoms with Crippen molar-refractivity contribution in [1.82, 2.24) is 10.3 Å². The Morgan fingerprint density at radius 2 is 2.12 bits per heavy atom. The number of carbonyl (C=O) groups excluding carboxylic acids is 1. The second kappa shape index (κ2) is 7.39. The molecule has 0 spiro atoms. The molecule has 0 aliphatic heterocycles. The van der Waals surface area contributed by atoms with Crippen molar-refractivity contribution < 1.29 is 4.79 Å². The molecule has 1 rings (SSSR count). The average Bonchev–Trinajstić information content (AvgIpc) is 2.40. The maximum Gasteiger partial charge on any atom is 0.251 e. The van der Waals surface area contributed by atoms with Gasteiger partial charge in [0.1, 0.15) is 0 Å². The van der Waals surface area contributed by atoms with Gasteiger partial charge in [-0.3, -0.25) is 9.78 Å². The molecule has 0 atom stereocenters.